The van der Waals surface area contributed by atoms with Gasteiger partial charge in [0.25, 0.3) is 0 Å². The highest BCUT2D eigenvalue weighted by Crippen LogP contribution is 2.34. The summed E-state index contributed by atoms with van der Waals surface area (Å²) >= 11 is 2.89. The van der Waals surface area contributed by atoms with Crippen LogP contribution in [0.5, 0.6) is 0 Å². The largest absolute Gasteiger partial charge is 0.416 e. The first-order valence-corrected chi connectivity index (χ1v) is 3.98. The summed E-state index contributed by atoms with van der Waals surface area (Å²) in [6.45, 7) is 6.62. The average Bonchev–Trinajstić information content (AvgIpc) is 2.02. The van der Waals surface area contributed by atoms with E-state index in [1.807, 2.05) is 0 Å². The Kier molecular flexibility index (Phi) is 2.62. The Morgan fingerprint density at radius 1 is 1.31 bits per heavy atom. The number of nitrogens with zero attached hydrogens (tertiary/aromatic N) is 1. The van der Waals surface area contributed by atoms with Gasteiger partial charge in [-0.1, -0.05) is 28.1 Å². The monoisotopic (exact) mass is 249 g/mol. The van der Waals surface area contributed by atoms with E-state index in [1.54, 1.807) is 0 Å². The maximum Gasteiger partial charge on any atom is 0.416 e. The molecule has 0 radical (unpaired) electrons. The van der Waals surface area contributed by atoms with Gasteiger partial charge in [0.1, 0.15) is 0 Å². The molecule has 0 aliphatic rings. The van der Waals surface area contributed by atoms with E-state index in [1.165, 1.54) is 0 Å². The molecular formula is C8H3BrF3N. The molecule has 0 spiro atoms. The van der Waals surface area contributed by atoms with Crippen LogP contribution >= 0.6 is 15.9 Å². The van der Waals surface area contributed by atoms with E-state index in [2.05, 4.69) is 20.8 Å². The van der Waals surface area contributed by atoms with Crippen molar-refractivity contribution >= 4 is 21.6 Å². The molecule has 1 aromatic carbocycles. The highest BCUT2D eigenvalue weighted by atomic mass is 79.9. The minimum Gasteiger partial charge on any atom is -0.237 e. The molecule has 0 bridgehead atoms. The summed E-state index contributed by atoms with van der Waals surface area (Å²) in [7, 11) is 0. The summed E-state index contributed by atoms with van der Waals surface area (Å²) in [6.07, 6.45) is -4.36. The molecule has 1 aromatic rings. The molecule has 0 unspecified atom stereocenters. The van der Waals surface area contributed by atoms with Gasteiger partial charge >= 0.3 is 6.18 Å². The Morgan fingerprint density at radius 2 is 1.92 bits per heavy atom. The molecule has 0 saturated carbocycles. The van der Waals surface area contributed by atoms with Crippen molar-refractivity contribution in [2.45, 2.75) is 6.18 Å². The van der Waals surface area contributed by atoms with E-state index in [0.717, 1.165) is 18.2 Å². The van der Waals surface area contributed by atoms with E-state index in [9.17, 15) is 13.2 Å². The van der Waals surface area contributed by atoms with Gasteiger partial charge in [0, 0.05) is 4.47 Å². The zero-order valence-electron chi connectivity index (χ0n) is 6.19. The van der Waals surface area contributed by atoms with Crippen molar-refractivity contribution in [1.82, 2.24) is 0 Å². The van der Waals surface area contributed by atoms with Gasteiger partial charge in [0.05, 0.1) is 12.1 Å². The Bertz CT molecular complexity index is 365. The van der Waals surface area contributed by atoms with Gasteiger partial charge in [0.2, 0.25) is 5.69 Å². The summed E-state index contributed by atoms with van der Waals surface area (Å²) < 4.78 is 36.5. The maximum absolute atomic E-state index is 12.1. The Labute approximate surface area is 81.1 Å². The SMILES string of the molecule is [C-]#[N+]c1ccc(C(F)(F)F)cc1Br. The zero-order chi connectivity index (χ0) is 10.1. The summed E-state index contributed by atoms with van der Waals surface area (Å²) in [4.78, 5) is 3.03. The van der Waals surface area contributed by atoms with Crippen molar-refractivity contribution in [3.63, 3.8) is 0 Å². The van der Waals surface area contributed by atoms with Crippen LogP contribution in [0.3, 0.4) is 0 Å². The van der Waals surface area contributed by atoms with Gasteiger partial charge in [-0.2, -0.15) is 13.2 Å². The van der Waals surface area contributed by atoms with Crippen LogP contribution in [0, 0.1) is 6.57 Å². The van der Waals surface area contributed by atoms with Gasteiger partial charge in [-0.15, -0.1) is 0 Å². The van der Waals surface area contributed by atoms with Crippen LogP contribution in [-0.2, 0) is 6.18 Å². The van der Waals surface area contributed by atoms with Gasteiger partial charge in [-0.05, 0) is 6.07 Å². The summed E-state index contributed by atoms with van der Waals surface area (Å²) in [5.74, 6) is 0. The lowest BCUT2D eigenvalue weighted by Crippen LogP contribution is -2.03. The van der Waals surface area contributed by atoms with Crippen LogP contribution in [0.1, 0.15) is 5.56 Å². The summed E-state index contributed by atoms with van der Waals surface area (Å²) in [5.41, 5.74) is -0.584. The number of benzene rings is 1. The third-order valence-corrected chi connectivity index (χ3v) is 2.03. The highest BCUT2D eigenvalue weighted by Gasteiger charge is 2.30. The molecular weight excluding hydrogens is 247 g/mol. The topological polar surface area (TPSA) is 4.36 Å². The predicted molar refractivity (Wildman–Crippen MR) is 45.4 cm³/mol. The summed E-state index contributed by atoms with van der Waals surface area (Å²) in [6, 6.07) is 2.92. The standard InChI is InChI=1S/C8H3BrF3N/c1-13-7-3-2-5(4-6(7)9)8(10,11)12/h2-4H. The smallest absolute Gasteiger partial charge is 0.237 e. The van der Waals surface area contributed by atoms with Crippen molar-refractivity contribution in [2.75, 3.05) is 0 Å². The molecule has 0 saturated heterocycles. The van der Waals surface area contributed by atoms with Crippen LogP contribution in [0.15, 0.2) is 22.7 Å². The molecule has 0 aliphatic carbocycles. The maximum atomic E-state index is 12.1. The third-order valence-electron chi connectivity index (χ3n) is 1.40. The minimum atomic E-state index is -4.36. The molecule has 1 nitrogen and oxygen atoms in total. The lowest BCUT2D eigenvalue weighted by molar-refractivity contribution is -0.137. The first-order valence-electron chi connectivity index (χ1n) is 3.19. The van der Waals surface area contributed by atoms with E-state index < -0.39 is 11.7 Å². The van der Waals surface area contributed by atoms with Crippen molar-refractivity contribution in [3.8, 4) is 0 Å². The first-order chi connectivity index (χ1) is 5.95. The fourth-order valence-corrected chi connectivity index (χ4v) is 1.24. The van der Waals surface area contributed by atoms with Crippen LogP contribution < -0.4 is 0 Å². The molecule has 0 aromatic heterocycles. The van der Waals surface area contributed by atoms with Crippen molar-refractivity contribution in [1.29, 1.82) is 0 Å². The fourth-order valence-electron chi connectivity index (χ4n) is 0.774. The second-order valence-corrected chi connectivity index (χ2v) is 3.13. The molecule has 68 valence electrons. The number of rotatable bonds is 0. The van der Waals surface area contributed by atoms with E-state index in [-0.39, 0.29) is 10.2 Å². The Hall–Kier alpha value is -1.02. The molecule has 0 atom stereocenters. The lowest BCUT2D eigenvalue weighted by Gasteiger charge is -2.06. The van der Waals surface area contributed by atoms with Crippen LogP contribution in [0.2, 0.25) is 0 Å². The molecule has 0 fully saturated rings. The molecule has 0 N–H and O–H groups in total. The second-order valence-electron chi connectivity index (χ2n) is 2.28. The van der Waals surface area contributed by atoms with E-state index in [0.29, 0.717) is 0 Å². The molecule has 0 heterocycles. The van der Waals surface area contributed by atoms with Gasteiger partial charge in [0.15, 0.2) is 0 Å². The van der Waals surface area contributed by atoms with Crippen LogP contribution in [0.4, 0.5) is 18.9 Å². The van der Waals surface area contributed by atoms with Gasteiger partial charge in [-0.25, -0.2) is 4.85 Å². The molecule has 0 aliphatic heterocycles. The zero-order valence-corrected chi connectivity index (χ0v) is 7.78. The number of hydrogen-bond donors (Lipinski definition) is 0. The second kappa shape index (κ2) is 3.38. The van der Waals surface area contributed by atoms with E-state index in [4.69, 9.17) is 6.57 Å². The molecule has 0 amide bonds. The van der Waals surface area contributed by atoms with Crippen molar-refractivity contribution in [2.24, 2.45) is 0 Å². The quantitative estimate of drug-likeness (QED) is 0.612. The number of halogens is 4. The molecule has 13 heavy (non-hydrogen) atoms. The van der Waals surface area contributed by atoms with Crippen LogP contribution in [0.25, 0.3) is 4.85 Å². The van der Waals surface area contributed by atoms with Gasteiger partial charge in [-0.3, -0.25) is 0 Å². The Balaban J connectivity index is 3.20. The fraction of sp³-hybridized carbons (Fsp3) is 0.125. The van der Waals surface area contributed by atoms with Gasteiger partial charge < -0.3 is 0 Å². The minimum absolute atomic E-state index is 0.164. The molecule has 1 rings (SSSR count). The average molecular weight is 250 g/mol. The predicted octanol–water partition coefficient (Wildman–Crippen LogP) is 4.02. The first kappa shape index (κ1) is 10.1. The highest BCUT2D eigenvalue weighted by molar-refractivity contribution is 9.10. The summed E-state index contributed by atoms with van der Waals surface area (Å²) in [5, 5.41) is 0. The van der Waals surface area contributed by atoms with Crippen molar-refractivity contribution in [3.05, 3.63) is 39.7 Å². The number of alkyl halides is 3. The third kappa shape index (κ3) is 2.22. The normalized spacial score (nSPS) is 11.0. The number of hydrogen-bond acceptors (Lipinski definition) is 0. The van der Waals surface area contributed by atoms with Crippen LogP contribution in [-0.4, -0.2) is 0 Å². The molecule has 5 heteroatoms. The van der Waals surface area contributed by atoms with Crippen molar-refractivity contribution < 1.29 is 13.2 Å². The van der Waals surface area contributed by atoms with E-state index >= 15 is 0 Å². The lowest BCUT2D eigenvalue weighted by atomic mass is 10.2. The Morgan fingerprint density at radius 3 is 2.31 bits per heavy atom.